The van der Waals surface area contributed by atoms with Gasteiger partial charge in [-0.1, -0.05) is 49.0 Å². The number of nitrogens with zero attached hydrogens (tertiary/aromatic N) is 6. The van der Waals surface area contributed by atoms with Gasteiger partial charge in [-0.3, -0.25) is 9.36 Å². The Hall–Kier alpha value is -2.04. The van der Waals surface area contributed by atoms with E-state index in [-0.39, 0.29) is 13.2 Å². The highest BCUT2D eigenvalue weighted by Gasteiger charge is 2.32. The van der Waals surface area contributed by atoms with Crippen LogP contribution in [0.4, 0.5) is 0 Å². The van der Waals surface area contributed by atoms with Crippen molar-refractivity contribution in [3.63, 3.8) is 0 Å². The van der Waals surface area contributed by atoms with Crippen LogP contribution in [-0.4, -0.2) is 113 Å². The molecule has 226 valence electrons. The van der Waals surface area contributed by atoms with Crippen LogP contribution in [0.25, 0.3) is 0 Å². The third-order valence-electron chi connectivity index (χ3n) is 7.54. The normalized spacial score (nSPS) is 27.3. The Morgan fingerprint density at radius 1 is 0.625 bits per heavy atom. The van der Waals surface area contributed by atoms with E-state index in [1.54, 1.807) is 0 Å². The molecule has 0 unspecified atom stereocenters. The van der Waals surface area contributed by atoms with Gasteiger partial charge in [-0.15, -0.1) is 10.2 Å². The molecule has 6 atom stereocenters. The molecule has 0 amide bonds. The lowest BCUT2D eigenvalue weighted by Gasteiger charge is -2.32. The molecule has 6 N–H and O–H groups in total. The molecular formula is C26H46N8O6. The number of aliphatic hydroxyl groups is 4. The van der Waals surface area contributed by atoms with Gasteiger partial charge in [0.15, 0.2) is 0 Å². The number of nitrogens with one attached hydrogen (secondary N) is 2. The zero-order valence-electron chi connectivity index (χ0n) is 23.2. The monoisotopic (exact) mass is 566 g/mol. The molecule has 0 radical (unpaired) electrons. The molecule has 2 fully saturated rings. The summed E-state index contributed by atoms with van der Waals surface area (Å²) in [6.07, 6.45) is 8.73. The Kier molecular flexibility index (Phi) is 12.7. The Labute approximate surface area is 235 Å². The molecule has 2 aromatic rings. The summed E-state index contributed by atoms with van der Waals surface area (Å²) in [5.41, 5.74) is 1.44. The molecule has 2 aliphatic heterocycles. The van der Waals surface area contributed by atoms with Crippen LogP contribution in [0.1, 0.15) is 62.8 Å². The van der Waals surface area contributed by atoms with E-state index >= 15 is 0 Å². The first kappa shape index (κ1) is 30.9. The number of rotatable bonds is 17. The minimum absolute atomic E-state index is 0.262. The van der Waals surface area contributed by atoms with Gasteiger partial charge < -0.3 is 40.5 Å². The van der Waals surface area contributed by atoms with Gasteiger partial charge in [0.2, 0.25) is 0 Å². The molecule has 2 aliphatic rings. The first-order chi connectivity index (χ1) is 19.5. The van der Waals surface area contributed by atoms with Crippen molar-refractivity contribution in [3.05, 3.63) is 23.8 Å². The molecule has 0 saturated carbocycles. The van der Waals surface area contributed by atoms with Gasteiger partial charge in [-0.05, 0) is 12.8 Å². The van der Waals surface area contributed by atoms with Gasteiger partial charge in [0.05, 0.1) is 50.0 Å². The summed E-state index contributed by atoms with van der Waals surface area (Å²) in [5, 5.41) is 62.1. The van der Waals surface area contributed by atoms with Gasteiger partial charge in [0.25, 0.3) is 0 Å². The van der Waals surface area contributed by atoms with Crippen LogP contribution >= 0.6 is 0 Å². The van der Waals surface area contributed by atoms with E-state index < -0.39 is 36.6 Å². The zero-order chi connectivity index (χ0) is 28.2. The maximum absolute atomic E-state index is 10.0. The second-order valence-electron chi connectivity index (χ2n) is 10.9. The van der Waals surface area contributed by atoms with Gasteiger partial charge in [-0.25, -0.2) is 0 Å². The summed E-state index contributed by atoms with van der Waals surface area (Å²) < 4.78 is 15.1. The predicted octanol–water partition coefficient (Wildman–Crippen LogP) is -0.889. The molecule has 14 nitrogen and oxygen atoms in total. The van der Waals surface area contributed by atoms with E-state index in [2.05, 4.69) is 31.3 Å². The molecule has 0 aromatic carbocycles. The number of hydrogen-bond donors (Lipinski definition) is 6. The first-order valence-corrected chi connectivity index (χ1v) is 14.6. The van der Waals surface area contributed by atoms with E-state index in [0.29, 0.717) is 26.2 Å². The number of piperidine rings is 2. The summed E-state index contributed by atoms with van der Waals surface area (Å²) in [6.45, 7) is 3.93. The van der Waals surface area contributed by atoms with Gasteiger partial charge in [0.1, 0.15) is 23.6 Å². The van der Waals surface area contributed by atoms with E-state index in [4.69, 9.17) is 9.47 Å². The minimum Gasteiger partial charge on any atom is -0.389 e. The quantitative estimate of drug-likeness (QED) is 0.130. The van der Waals surface area contributed by atoms with Crippen molar-refractivity contribution in [1.82, 2.24) is 40.6 Å². The molecule has 2 saturated heterocycles. The lowest BCUT2D eigenvalue weighted by atomic mass is 10.0. The van der Waals surface area contributed by atoms with Crippen LogP contribution in [0.15, 0.2) is 12.4 Å². The maximum atomic E-state index is 10.0. The Morgan fingerprint density at radius 3 is 1.45 bits per heavy atom. The van der Waals surface area contributed by atoms with Gasteiger partial charge >= 0.3 is 0 Å². The van der Waals surface area contributed by atoms with Crippen molar-refractivity contribution in [2.45, 2.75) is 114 Å². The highest BCUT2D eigenvalue weighted by molar-refractivity contribution is 4.93. The number of ether oxygens (including phenoxy) is 2. The fraction of sp³-hybridized carbons (Fsp3) is 0.846. The molecule has 4 heterocycles. The van der Waals surface area contributed by atoms with Crippen molar-refractivity contribution in [2.24, 2.45) is 0 Å². The molecular weight excluding hydrogens is 520 g/mol. The topological polar surface area (TPSA) is 185 Å². The van der Waals surface area contributed by atoms with E-state index in [9.17, 15) is 20.4 Å². The maximum Gasteiger partial charge on any atom is 0.108 e. The van der Waals surface area contributed by atoms with Gasteiger partial charge in [0, 0.05) is 39.3 Å². The van der Waals surface area contributed by atoms with E-state index in [1.807, 2.05) is 21.8 Å². The van der Waals surface area contributed by atoms with Crippen LogP contribution < -0.4 is 10.6 Å². The average Bonchev–Trinajstić information content (AvgIpc) is 3.61. The lowest BCUT2D eigenvalue weighted by molar-refractivity contribution is -0.109. The lowest BCUT2D eigenvalue weighted by Crippen LogP contribution is -2.54. The van der Waals surface area contributed by atoms with Crippen molar-refractivity contribution < 1.29 is 29.9 Å². The molecule has 0 bridgehead atoms. The zero-order valence-corrected chi connectivity index (χ0v) is 23.2. The number of aryl methyl sites for hydroxylation is 2. The molecule has 0 spiro atoms. The van der Waals surface area contributed by atoms with Crippen molar-refractivity contribution >= 4 is 0 Å². The van der Waals surface area contributed by atoms with Crippen LogP contribution in [0.2, 0.25) is 0 Å². The minimum atomic E-state index is -0.887. The summed E-state index contributed by atoms with van der Waals surface area (Å²) in [5.74, 6) is 0. The number of β-amino-alcohol motifs (C(OH)–C–C–N with tert-alkyl or cyclic N) is 2. The number of aliphatic hydroxyl groups excluding tert-OH is 4. The van der Waals surface area contributed by atoms with Crippen LogP contribution in [0.3, 0.4) is 0 Å². The van der Waals surface area contributed by atoms with Crippen molar-refractivity contribution in [3.8, 4) is 0 Å². The SMILES string of the molecule is O[C@@H]1[C@@H](O)CNC[C@H]1OCc1cn(CCCCCCCCCCn2cc(CO[C@H]3CNC[C@@H](O)[C@@H]3O)nn2)nn1. The number of aromatic nitrogens is 6. The highest BCUT2D eigenvalue weighted by Crippen LogP contribution is 2.13. The number of hydrogen-bond acceptors (Lipinski definition) is 12. The van der Waals surface area contributed by atoms with Crippen LogP contribution in [0.5, 0.6) is 0 Å². The Morgan fingerprint density at radius 2 is 1.02 bits per heavy atom. The Balaban J connectivity index is 0.968. The molecule has 14 heteroatoms. The number of unbranched alkanes of at least 4 members (excludes halogenated alkanes) is 7. The average molecular weight is 567 g/mol. The smallest absolute Gasteiger partial charge is 0.108 e. The summed E-state index contributed by atoms with van der Waals surface area (Å²) in [7, 11) is 0. The van der Waals surface area contributed by atoms with Crippen LogP contribution in [0, 0.1) is 0 Å². The predicted molar refractivity (Wildman–Crippen MR) is 144 cm³/mol. The Bertz CT molecular complexity index is 900. The van der Waals surface area contributed by atoms with Crippen molar-refractivity contribution in [1.29, 1.82) is 0 Å². The van der Waals surface area contributed by atoms with Crippen molar-refractivity contribution in [2.75, 3.05) is 26.2 Å². The summed E-state index contributed by atoms with van der Waals surface area (Å²) in [4.78, 5) is 0. The molecule has 0 aliphatic carbocycles. The summed E-state index contributed by atoms with van der Waals surface area (Å²) >= 11 is 0. The second-order valence-corrected chi connectivity index (χ2v) is 10.9. The second kappa shape index (κ2) is 16.4. The molecule has 2 aromatic heterocycles. The first-order valence-electron chi connectivity index (χ1n) is 14.6. The highest BCUT2D eigenvalue weighted by atomic mass is 16.5. The molecule has 40 heavy (non-hydrogen) atoms. The third kappa shape index (κ3) is 9.80. The largest absolute Gasteiger partial charge is 0.389 e. The van der Waals surface area contributed by atoms with Gasteiger partial charge in [-0.2, -0.15) is 0 Å². The van der Waals surface area contributed by atoms with E-state index in [0.717, 1.165) is 50.2 Å². The molecule has 4 rings (SSSR count). The van der Waals surface area contributed by atoms with Crippen LogP contribution in [-0.2, 0) is 35.8 Å². The fourth-order valence-electron chi connectivity index (χ4n) is 5.06. The van der Waals surface area contributed by atoms with E-state index in [1.165, 1.54) is 25.7 Å². The standard InChI is InChI=1S/C26H46N8O6/c35-21-11-27-13-23(25(21)37)39-17-19-15-33(31-29-19)9-7-5-3-1-2-4-6-8-10-34-16-20(30-32-34)18-40-24-14-28-12-22(36)26(24)38/h15-16,21-28,35-38H,1-14,17-18H2/t21-,22+,23+,24-,25+,26-. The summed E-state index contributed by atoms with van der Waals surface area (Å²) in [6, 6.07) is 0. The third-order valence-corrected chi connectivity index (χ3v) is 7.54. The fourth-order valence-corrected chi connectivity index (χ4v) is 5.06.